The lowest BCUT2D eigenvalue weighted by Crippen LogP contribution is -2.13. The second kappa shape index (κ2) is 8.65. The normalized spacial score (nSPS) is 10.2. The molecule has 4 nitrogen and oxygen atoms in total. The van der Waals surface area contributed by atoms with Gasteiger partial charge in [-0.15, -0.1) is 0 Å². The number of carbonyl (C=O) groups is 1. The summed E-state index contributed by atoms with van der Waals surface area (Å²) < 4.78 is 10.6. The maximum Gasteiger partial charge on any atom is 0.224 e. The van der Waals surface area contributed by atoms with Crippen LogP contribution in [0.3, 0.4) is 0 Å². The van der Waals surface area contributed by atoms with Crippen LogP contribution in [0.2, 0.25) is 10.0 Å². The molecule has 0 unspecified atom stereocenters. The standard InChI is InChI=1S/C17H17Cl2NO3/c1-22-12-7-9-13(10-8-12)23-11-3-6-16(21)20-15-5-2-4-14(18)17(15)19/h2,4-5,7-10H,3,6,11H2,1H3,(H,20,21). The molecule has 1 amide bonds. The number of ether oxygens (including phenoxy) is 2. The third kappa shape index (κ3) is 5.34. The van der Waals surface area contributed by atoms with E-state index in [1.54, 1.807) is 25.3 Å². The Balaban J connectivity index is 1.73. The van der Waals surface area contributed by atoms with Crippen LogP contribution in [-0.4, -0.2) is 19.6 Å². The van der Waals surface area contributed by atoms with E-state index < -0.39 is 0 Å². The Bertz CT molecular complexity index is 659. The number of benzene rings is 2. The van der Waals surface area contributed by atoms with Crippen molar-refractivity contribution < 1.29 is 14.3 Å². The van der Waals surface area contributed by atoms with Crippen LogP contribution >= 0.6 is 23.2 Å². The van der Waals surface area contributed by atoms with E-state index in [0.29, 0.717) is 35.2 Å². The number of amides is 1. The molecule has 0 aliphatic rings. The van der Waals surface area contributed by atoms with Gasteiger partial charge >= 0.3 is 0 Å². The van der Waals surface area contributed by atoms with E-state index in [9.17, 15) is 4.79 Å². The Hall–Kier alpha value is -1.91. The predicted octanol–water partition coefficient (Wildman–Crippen LogP) is 4.80. The molecule has 2 rings (SSSR count). The largest absolute Gasteiger partial charge is 0.497 e. The SMILES string of the molecule is COc1ccc(OCCCC(=O)Nc2cccc(Cl)c2Cl)cc1. The first-order valence-corrected chi connectivity index (χ1v) is 7.86. The van der Waals surface area contributed by atoms with Crippen LogP contribution < -0.4 is 14.8 Å². The molecule has 2 aromatic rings. The smallest absolute Gasteiger partial charge is 0.224 e. The Kier molecular flexibility index (Phi) is 6.56. The zero-order valence-electron chi connectivity index (χ0n) is 12.6. The van der Waals surface area contributed by atoms with Gasteiger partial charge in [-0.2, -0.15) is 0 Å². The summed E-state index contributed by atoms with van der Waals surface area (Å²) in [6, 6.07) is 12.4. The van der Waals surface area contributed by atoms with Gasteiger partial charge in [-0.3, -0.25) is 4.79 Å². The third-order valence-electron chi connectivity index (χ3n) is 3.10. The molecule has 0 atom stereocenters. The highest BCUT2D eigenvalue weighted by Crippen LogP contribution is 2.29. The second-order valence-electron chi connectivity index (χ2n) is 4.78. The lowest BCUT2D eigenvalue weighted by Gasteiger charge is -2.09. The van der Waals surface area contributed by atoms with Crippen LogP contribution in [0.15, 0.2) is 42.5 Å². The van der Waals surface area contributed by atoms with Crippen molar-refractivity contribution in [2.24, 2.45) is 0 Å². The molecule has 0 aromatic heterocycles. The molecule has 0 saturated carbocycles. The molecule has 0 heterocycles. The number of rotatable bonds is 7. The summed E-state index contributed by atoms with van der Waals surface area (Å²) in [6.07, 6.45) is 0.926. The highest BCUT2D eigenvalue weighted by atomic mass is 35.5. The molecule has 122 valence electrons. The van der Waals surface area contributed by atoms with Gasteiger partial charge in [0.25, 0.3) is 0 Å². The lowest BCUT2D eigenvalue weighted by atomic mass is 10.2. The molecular weight excluding hydrogens is 337 g/mol. The second-order valence-corrected chi connectivity index (χ2v) is 5.56. The molecule has 2 aromatic carbocycles. The average Bonchev–Trinajstić information content (AvgIpc) is 2.56. The average molecular weight is 354 g/mol. The summed E-state index contributed by atoms with van der Waals surface area (Å²) in [5.74, 6) is 1.38. The van der Waals surface area contributed by atoms with Crippen LogP contribution in [0.25, 0.3) is 0 Å². The Labute approximate surface area is 145 Å². The first-order valence-electron chi connectivity index (χ1n) is 7.11. The molecule has 0 saturated heterocycles. The molecule has 0 spiro atoms. The van der Waals surface area contributed by atoms with Gasteiger partial charge in [0.15, 0.2) is 0 Å². The van der Waals surface area contributed by atoms with Gasteiger partial charge in [-0.1, -0.05) is 29.3 Å². The van der Waals surface area contributed by atoms with E-state index >= 15 is 0 Å². The van der Waals surface area contributed by atoms with Gasteiger partial charge in [-0.25, -0.2) is 0 Å². The minimum Gasteiger partial charge on any atom is -0.497 e. The number of hydrogen-bond donors (Lipinski definition) is 1. The van der Waals surface area contributed by atoms with Gasteiger partial charge < -0.3 is 14.8 Å². The molecular formula is C17H17Cl2NO3. The lowest BCUT2D eigenvalue weighted by molar-refractivity contribution is -0.116. The number of hydrogen-bond acceptors (Lipinski definition) is 3. The van der Waals surface area contributed by atoms with Crippen molar-refractivity contribution in [3.05, 3.63) is 52.5 Å². The summed E-state index contributed by atoms with van der Waals surface area (Å²) >= 11 is 11.9. The van der Waals surface area contributed by atoms with Crippen molar-refractivity contribution in [1.29, 1.82) is 0 Å². The molecule has 6 heteroatoms. The number of methoxy groups -OCH3 is 1. The van der Waals surface area contributed by atoms with Gasteiger partial charge in [-0.05, 0) is 42.8 Å². The fourth-order valence-corrected chi connectivity index (χ4v) is 2.26. The van der Waals surface area contributed by atoms with Gasteiger partial charge in [0, 0.05) is 6.42 Å². The topological polar surface area (TPSA) is 47.6 Å². The Morgan fingerprint density at radius 3 is 2.48 bits per heavy atom. The molecule has 0 radical (unpaired) electrons. The first-order chi connectivity index (χ1) is 11.1. The van der Waals surface area contributed by atoms with Crippen molar-refractivity contribution in [2.45, 2.75) is 12.8 Å². The fourth-order valence-electron chi connectivity index (χ4n) is 1.91. The molecule has 0 aliphatic carbocycles. The number of halogens is 2. The zero-order chi connectivity index (χ0) is 16.7. The molecule has 0 bridgehead atoms. The van der Waals surface area contributed by atoms with E-state index in [2.05, 4.69) is 5.32 Å². The number of anilines is 1. The summed E-state index contributed by atoms with van der Waals surface area (Å²) in [4.78, 5) is 11.9. The summed E-state index contributed by atoms with van der Waals surface area (Å²) in [5.41, 5.74) is 0.514. The van der Waals surface area contributed by atoms with E-state index in [0.717, 1.165) is 11.5 Å². The molecule has 0 fully saturated rings. The third-order valence-corrected chi connectivity index (χ3v) is 3.92. The van der Waals surface area contributed by atoms with Crippen molar-refractivity contribution >= 4 is 34.8 Å². The predicted molar refractivity (Wildman–Crippen MR) is 92.8 cm³/mol. The minimum absolute atomic E-state index is 0.132. The molecule has 23 heavy (non-hydrogen) atoms. The first kappa shape index (κ1) is 17.4. The van der Waals surface area contributed by atoms with Crippen molar-refractivity contribution in [3.8, 4) is 11.5 Å². The van der Waals surface area contributed by atoms with Gasteiger partial charge in [0.05, 0.1) is 29.4 Å². The van der Waals surface area contributed by atoms with Crippen LogP contribution in [0.5, 0.6) is 11.5 Å². The van der Waals surface area contributed by atoms with Gasteiger partial charge in [0.1, 0.15) is 11.5 Å². The number of carbonyl (C=O) groups excluding carboxylic acids is 1. The Morgan fingerprint density at radius 2 is 1.78 bits per heavy atom. The summed E-state index contributed by atoms with van der Waals surface area (Å²) in [6.45, 7) is 0.447. The molecule has 0 aliphatic heterocycles. The van der Waals surface area contributed by atoms with E-state index in [1.807, 2.05) is 24.3 Å². The number of nitrogens with one attached hydrogen (secondary N) is 1. The van der Waals surface area contributed by atoms with E-state index in [1.165, 1.54) is 0 Å². The zero-order valence-corrected chi connectivity index (χ0v) is 14.2. The van der Waals surface area contributed by atoms with Crippen LogP contribution in [-0.2, 0) is 4.79 Å². The van der Waals surface area contributed by atoms with Crippen molar-refractivity contribution in [1.82, 2.24) is 0 Å². The highest BCUT2D eigenvalue weighted by molar-refractivity contribution is 6.43. The summed E-state index contributed by atoms with van der Waals surface area (Å²) in [5, 5.41) is 3.49. The maximum absolute atomic E-state index is 11.9. The van der Waals surface area contributed by atoms with Crippen LogP contribution in [0, 0.1) is 0 Å². The van der Waals surface area contributed by atoms with E-state index in [-0.39, 0.29) is 5.91 Å². The molecule has 1 N–H and O–H groups in total. The quantitative estimate of drug-likeness (QED) is 0.727. The fraction of sp³-hybridized carbons (Fsp3) is 0.235. The monoisotopic (exact) mass is 353 g/mol. The van der Waals surface area contributed by atoms with Crippen molar-refractivity contribution in [2.75, 3.05) is 19.0 Å². The van der Waals surface area contributed by atoms with Crippen LogP contribution in [0.1, 0.15) is 12.8 Å². The van der Waals surface area contributed by atoms with Crippen molar-refractivity contribution in [3.63, 3.8) is 0 Å². The van der Waals surface area contributed by atoms with E-state index in [4.69, 9.17) is 32.7 Å². The Morgan fingerprint density at radius 1 is 1.09 bits per heavy atom. The highest BCUT2D eigenvalue weighted by Gasteiger charge is 2.08. The van der Waals surface area contributed by atoms with Crippen LogP contribution in [0.4, 0.5) is 5.69 Å². The minimum atomic E-state index is -0.132. The summed E-state index contributed by atoms with van der Waals surface area (Å²) in [7, 11) is 1.61. The maximum atomic E-state index is 11.9. The van der Waals surface area contributed by atoms with Gasteiger partial charge in [0.2, 0.25) is 5.91 Å².